The lowest BCUT2D eigenvalue weighted by Crippen LogP contribution is -2.44. The molecule has 4 nitrogen and oxygen atoms in total. The van der Waals surface area contributed by atoms with E-state index in [9.17, 15) is 9.18 Å². The van der Waals surface area contributed by atoms with Crippen LogP contribution in [0.1, 0.15) is 24.1 Å². The van der Waals surface area contributed by atoms with Crippen LogP contribution < -0.4 is 0 Å². The molecule has 0 unspecified atom stereocenters. The molecule has 1 aromatic heterocycles. The Morgan fingerprint density at radius 1 is 1.08 bits per heavy atom. The summed E-state index contributed by atoms with van der Waals surface area (Å²) in [7, 11) is 0. The molecule has 1 aromatic carbocycles. The third-order valence-electron chi connectivity index (χ3n) is 5.54. The Bertz CT molecular complexity index is 750. The van der Waals surface area contributed by atoms with Crippen LogP contribution in [0.5, 0.6) is 0 Å². The highest BCUT2D eigenvalue weighted by Gasteiger charge is 2.36. The molecule has 3 aliphatic rings. The zero-order chi connectivity index (χ0) is 17.9. The first-order valence-electron chi connectivity index (χ1n) is 9.33. The monoisotopic (exact) mass is 353 g/mol. The summed E-state index contributed by atoms with van der Waals surface area (Å²) in [5, 5.41) is 0. The van der Waals surface area contributed by atoms with Gasteiger partial charge >= 0.3 is 0 Å². The third kappa shape index (κ3) is 3.93. The Hall–Kier alpha value is -2.27. The summed E-state index contributed by atoms with van der Waals surface area (Å²) in [6.07, 6.45) is 4.51. The summed E-state index contributed by atoms with van der Waals surface area (Å²) in [5.74, 6) is 0.405. The SMILES string of the molecule is O=C(Cc1ccc(F)cc1)N1C[C@@H]2CC[C@H](C1)N(Cc1ccccn1)C2. The number of benzene rings is 1. The minimum atomic E-state index is -0.265. The molecule has 1 amide bonds. The van der Waals surface area contributed by atoms with Gasteiger partial charge in [-0.2, -0.15) is 0 Å². The summed E-state index contributed by atoms with van der Waals surface area (Å²) in [5.41, 5.74) is 1.96. The van der Waals surface area contributed by atoms with Gasteiger partial charge in [-0.1, -0.05) is 18.2 Å². The van der Waals surface area contributed by atoms with Gasteiger partial charge in [0.15, 0.2) is 0 Å². The maximum Gasteiger partial charge on any atom is 0.227 e. The predicted octanol–water partition coefficient (Wildman–Crippen LogP) is 2.89. The second-order valence-corrected chi connectivity index (χ2v) is 7.45. The molecule has 0 radical (unpaired) electrons. The number of fused-ring (bicyclic) bond motifs is 4. The van der Waals surface area contributed by atoms with Gasteiger partial charge in [-0.25, -0.2) is 4.39 Å². The average molecular weight is 353 g/mol. The number of carbonyl (C=O) groups is 1. The second-order valence-electron chi connectivity index (χ2n) is 7.45. The molecule has 0 N–H and O–H groups in total. The van der Waals surface area contributed by atoms with Gasteiger partial charge in [0.2, 0.25) is 5.91 Å². The number of pyridine rings is 1. The van der Waals surface area contributed by atoms with Gasteiger partial charge in [-0.05, 0) is 48.6 Å². The standard InChI is InChI=1S/C21H24FN3O/c22-18-7-4-16(5-8-18)11-21(26)25-13-17-6-9-20(15-25)24(12-17)14-19-3-1-2-10-23-19/h1-5,7-8,10,17,20H,6,9,11-15H2/t17-,20-/m1/s1. The quantitative estimate of drug-likeness (QED) is 0.848. The van der Waals surface area contributed by atoms with Crippen LogP contribution in [-0.2, 0) is 17.8 Å². The summed E-state index contributed by atoms with van der Waals surface area (Å²) in [4.78, 5) is 21.7. The van der Waals surface area contributed by atoms with Crippen LogP contribution in [0.4, 0.5) is 4.39 Å². The van der Waals surface area contributed by atoms with E-state index in [0.29, 0.717) is 18.4 Å². The average Bonchev–Trinajstić information content (AvgIpc) is 2.96. The molecule has 3 saturated heterocycles. The van der Waals surface area contributed by atoms with Crippen molar-refractivity contribution >= 4 is 5.91 Å². The van der Waals surface area contributed by atoms with Gasteiger partial charge in [-0.15, -0.1) is 0 Å². The highest BCUT2D eigenvalue weighted by Crippen LogP contribution is 2.29. The van der Waals surface area contributed by atoms with E-state index in [1.807, 2.05) is 23.2 Å². The highest BCUT2D eigenvalue weighted by atomic mass is 19.1. The number of aromatic nitrogens is 1. The first-order chi connectivity index (χ1) is 12.7. The zero-order valence-corrected chi connectivity index (χ0v) is 14.9. The van der Waals surface area contributed by atoms with Crippen molar-refractivity contribution in [2.45, 2.75) is 31.8 Å². The molecule has 136 valence electrons. The van der Waals surface area contributed by atoms with Gasteiger partial charge in [0.25, 0.3) is 0 Å². The molecule has 0 spiro atoms. The number of nitrogens with zero attached hydrogens (tertiary/aromatic N) is 3. The fourth-order valence-electron chi connectivity index (χ4n) is 4.16. The lowest BCUT2D eigenvalue weighted by molar-refractivity contribution is -0.130. The van der Waals surface area contributed by atoms with E-state index in [-0.39, 0.29) is 11.7 Å². The van der Waals surface area contributed by atoms with Crippen molar-refractivity contribution in [2.75, 3.05) is 19.6 Å². The molecule has 26 heavy (non-hydrogen) atoms. The van der Waals surface area contributed by atoms with Crippen molar-refractivity contribution in [3.8, 4) is 0 Å². The number of hydrogen-bond donors (Lipinski definition) is 0. The van der Waals surface area contributed by atoms with Crippen molar-refractivity contribution < 1.29 is 9.18 Å². The summed E-state index contributed by atoms with van der Waals surface area (Å²) >= 11 is 0. The van der Waals surface area contributed by atoms with Crippen molar-refractivity contribution in [1.29, 1.82) is 0 Å². The zero-order valence-electron chi connectivity index (χ0n) is 14.9. The Morgan fingerprint density at radius 2 is 1.92 bits per heavy atom. The largest absolute Gasteiger partial charge is 0.341 e. The lowest BCUT2D eigenvalue weighted by Gasteiger charge is -2.35. The van der Waals surface area contributed by atoms with E-state index in [1.165, 1.54) is 18.6 Å². The Labute approximate surface area is 153 Å². The number of hydrogen-bond acceptors (Lipinski definition) is 3. The molecule has 5 heteroatoms. The maximum atomic E-state index is 13.1. The maximum absolute atomic E-state index is 13.1. The minimum Gasteiger partial charge on any atom is -0.341 e. The number of amides is 1. The van der Waals surface area contributed by atoms with Crippen molar-refractivity contribution in [2.24, 2.45) is 5.92 Å². The van der Waals surface area contributed by atoms with Gasteiger partial charge in [0, 0.05) is 38.4 Å². The Morgan fingerprint density at radius 3 is 2.69 bits per heavy atom. The van der Waals surface area contributed by atoms with Gasteiger partial charge in [0.05, 0.1) is 12.1 Å². The molecule has 0 saturated carbocycles. The number of rotatable bonds is 4. The number of halogens is 1. The smallest absolute Gasteiger partial charge is 0.227 e. The molecule has 4 heterocycles. The summed E-state index contributed by atoms with van der Waals surface area (Å²) in [6.45, 7) is 3.49. The number of carbonyl (C=O) groups excluding carboxylic acids is 1. The van der Waals surface area contributed by atoms with Crippen LogP contribution in [0.2, 0.25) is 0 Å². The summed E-state index contributed by atoms with van der Waals surface area (Å²) in [6, 6.07) is 12.7. The molecule has 2 bridgehead atoms. The molecular weight excluding hydrogens is 329 g/mol. The Balaban J connectivity index is 1.42. The van der Waals surface area contributed by atoms with Crippen LogP contribution >= 0.6 is 0 Å². The van der Waals surface area contributed by atoms with E-state index in [2.05, 4.69) is 16.0 Å². The molecule has 5 rings (SSSR count). The molecule has 0 aliphatic carbocycles. The molecule has 3 fully saturated rings. The summed E-state index contributed by atoms with van der Waals surface area (Å²) < 4.78 is 13.1. The normalized spacial score (nSPS) is 23.0. The van der Waals surface area contributed by atoms with Crippen molar-refractivity contribution in [3.05, 3.63) is 65.7 Å². The predicted molar refractivity (Wildman–Crippen MR) is 97.8 cm³/mol. The van der Waals surface area contributed by atoms with Crippen LogP contribution in [0.3, 0.4) is 0 Å². The molecule has 3 aliphatic heterocycles. The highest BCUT2D eigenvalue weighted by molar-refractivity contribution is 5.79. The first kappa shape index (κ1) is 17.2. The first-order valence-corrected chi connectivity index (χ1v) is 9.33. The van der Waals surface area contributed by atoms with Gasteiger partial charge in [0.1, 0.15) is 5.82 Å². The van der Waals surface area contributed by atoms with E-state index in [1.54, 1.807) is 12.1 Å². The van der Waals surface area contributed by atoms with E-state index in [4.69, 9.17) is 0 Å². The van der Waals surface area contributed by atoms with Crippen molar-refractivity contribution in [1.82, 2.24) is 14.8 Å². The van der Waals surface area contributed by atoms with Gasteiger partial charge < -0.3 is 4.90 Å². The Kier molecular flexibility index (Phi) is 4.98. The minimum absolute atomic E-state index is 0.146. The van der Waals surface area contributed by atoms with E-state index < -0.39 is 0 Å². The fraction of sp³-hybridized carbons (Fsp3) is 0.429. The fourth-order valence-corrected chi connectivity index (χ4v) is 4.16. The lowest BCUT2D eigenvalue weighted by atomic mass is 9.95. The number of piperidine rings is 1. The van der Waals surface area contributed by atoms with Crippen LogP contribution in [0.25, 0.3) is 0 Å². The van der Waals surface area contributed by atoms with E-state index >= 15 is 0 Å². The molecule has 2 aromatic rings. The van der Waals surface area contributed by atoms with Crippen LogP contribution in [-0.4, -0.2) is 46.4 Å². The third-order valence-corrected chi connectivity index (χ3v) is 5.54. The molecular formula is C21H24FN3O. The topological polar surface area (TPSA) is 36.4 Å². The van der Waals surface area contributed by atoms with Crippen molar-refractivity contribution in [3.63, 3.8) is 0 Å². The van der Waals surface area contributed by atoms with Gasteiger partial charge in [-0.3, -0.25) is 14.7 Å². The van der Waals surface area contributed by atoms with Crippen LogP contribution in [0, 0.1) is 11.7 Å². The van der Waals surface area contributed by atoms with E-state index in [0.717, 1.165) is 43.9 Å². The second kappa shape index (κ2) is 7.54. The molecule has 2 atom stereocenters. The van der Waals surface area contributed by atoms with Crippen LogP contribution in [0.15, 0.2) is 48.7 Å².